The summed E-state index contributed by atoms with van der Waals surface area (Å²) >= 11 is 0. The van der Waals surface area contributed by atoms with E-state index in [0.29, 0.717) is 0 Å². The molecule has 4 heteroatoms. The van der Waals surface area contributed by atoms with Gasteiger partial charge in [0.15, 0.2) is 11.2 Å². The molecule has 0 unspecified atom stereocenters. The van der Waals surface area contributed by atoms with Crippen molar-refractivity contribution in [1.29, 1.82) is 0 Å². The molecule has 0 atom stereocenters. The zero-order valence-electron chi connectivity index (χ0n) is 48.2. The average Bonchev–Trinajstić information content (AvgIpc) is 1.50. The van der Waals surface area contributed by atoms with Crippen LogP contribution in [0, 0.1) is 0 Å². The molecule has 0 aliphatic heterocycles. The number of hydrogen-bond acceptors (Lipinski definition) is 4. The Hall–Kier alpha value is -11.7. The Morgan fingerprint density at radius 3 is 1.24 bits per heavy atom. The molecule has 15 aromatic carbocycles. The van der Waals surface area contributed by atoms with Gasteiger partial charge in [0.25, 0.3) is 0 Å². The van der Waals surface area contributed by atoms with Gasteiger partial charge < -0.3 is 18.6 Å². The number of furan rings is 2. The van der Waals surface area contributed by atoms with Crippen molar-refractivity contribution in [3.05, 3.63) is 338 Å². The number of para-hydroxylation sites is 6. The van der Waals surface area contributed by atoms with E-state index < -0.39 is 5.41 Å². The Morgan fingerprint density at radius 1 is 0.236 bits per heavy atom. The normalized spacial score (nSPS) is 12.8. The third-order valence-electron chi connectivity index (χ3n) is 19.1. The monoisotopic (exact) mass is 1130 g/mol. The lowest BCUT2D eigenvalue weighted by atomic mass is 9.70. The first kappa shape index (κ1) is 49.5. The maximum absolute atomic E-state index is 6.69. The Labute approximate surface area is 513 Å². The van der Waals surface area contributed by atoms with Crippen LogP contribution in [0.25, 0.3) is 121 Å². The highest BCUT2D eigenvalue weighted by Crippen LogP contribution is 2.65. The number of benzene rings is 15. The molecule has 0 radical (unpaired) electrons. The van der Waals surface area contributed by atoms with E-state index in [4.69, 9.17) is 8.83 Å². The first-order valence-corrected chi connectivity index (χ1v) is 30.6. The zero-order chi connectivity index (χ0) is 58.3. The Kier molecular flexibility index (Phi) is 10.7. The van der Waals surface area contributed by atoms with Crippen LogP contribution in [0.5, 0.6) is 0 Å². The fourth-order valence-electron chi connectivity index (χ4n) is 15.3. The molecule has 2 aliphatic rings. The van der Waals surface area contributed by atoms with Crippen molar-refractivity contribution in [1.82, 2.24) is 0 Å². The second kappa shape index (κ2) is 19.1. The molecular formula is C85H52N2O2. The van der Waals surface area contributed by atoms with E-state index in [1.54, 1.807) is 0 Å². The second-order valence-corrected chi connectivity index (χ2v) is 23.9. The lowest BCUT2D eigenvalue weighted by molar-refractivity contribution is 0.668. The highest BCUT2D eigenvalue weighted by molar-refractivity contribution is 6.13. The van der Waals surface area contributed by atoms with E-state index in [0.717, 1.165) is 100 Å². The molecule has 2 heterocycles. The Bertz CT molecular complexity index is 5490. The molecule has 17 aromatic rings. The molecule has 0 N–H and O–H groups in total. The summed E-state index contributed by atoms with van der Waals surface area (Å²) in [4.78, 5) is 4.66. The van der Waals surface area contributed by atoms with Crippen molar-refractivity contribution in [3.8, 4) is 44.5 Å². The summed E-state index contributed by atoms with van der Waals surface area (Å²) in [6.07, 6.45) is 0. The predicted octanol–water partition coefficient (Wildman–Crippen LogP) is 23.6. The molecule has 0 saturated heterocycles. The molecular weight excluding hydrogens is 1080 g/mol. The molecule has 0 fully saturated rings. The van der Waals surface area contributed by atoms with E-state index >= 15 is 0 Å². The summed E-state index contributed by atoms with van der Waals surface area (Å²) in [6, 6.07) is 116. The minimum atomic E-state index is -0.601. The van der Waals surface area contributed by atoms with Gasteiger partial charge in [0, 0.05) is 44.3 Å². The van der Waals surface area contributed by atoms with Gasteiger partial charge in [0.1, 0.15) is 11.2 Å². The van der Waals surface area contributed by atoms with Gasteiger partial charge in [-0.15, -0.1) is 0 Å². The SMILES string of the molecule is c1ccc(N(c2cccc(-c3ccc4cc5c(cc4c3)C3(c4cc6cc(-c7cccc(N(c8ccccc8)c8cccc9c8oc8ccccc89)c7)ccc6cc4-5)c4ccccc4-c4c3ccc3ccccc43)c2)c2cccc3c2oc2ccccc23)cc1. The van der Waals surface area contributed by atoms with Crippen LogP contribution in [0.1, 0.15) is 22.3 Å². The summed E-state index contributed by atoms with van der Waals surface area (Å²) < 4.78 is 13.4. The predicted molar refractivity (Wildman–Crippen MR) is 370 cm³/mol. The van der Waals surface area contributed by atoms with E-state index in [-0.39, 0.29) is 0 Å². The number of hydrogen-bond donors (Lipinski definition) is 0. The molecule has 4 nitrogen and oxygen atoms in total. The van der Waals surface area contributed by atoms with Crippen molar-refractivity contribution in [2.45, 2.75) is 5.41 Å². The maximum atomic E-state index is 6.69. The first-order valence-electron chi connectivity index (χ1n) is 30.6. The van der Waals surface area contributed by atoms with E-state index in [2.05, 4.69) is 313 Å². The van der Waals surface area contributed by atoms with Gasteiger partial charge in [-0.2, -0.15) is 0 Å². The van der Waals surface area contributed by atoms with E-state index in [1.165, 1.54) is 76.8 Å². The van der Waals surface area contributed by atoms with Gasteiger partial charge in [-0.05, 0) is 208 Å². The zero-order valence-corrected chi connectivity index (χ0v) is 48.2. The number of anilines is 6. The fourth-order valence-corrected chi connectivity index (χ4v) is 15.3. The van der Waals surface area contributed by atoms with E-state index in [9.17, 15) is 0 Å². The lowest BCUT2D eigenvalue weighted by Crippen LogP contribution is -2.25. The number of rotatable bonds is 8. The van der Waals surface area contributed by atoms with Crippen LogP contribution in [-0.4, -0.2) is 0 Å². The summed E-state index contributed by atoms with van der Waals surface area (Å²) in [5.41, 5.74) is 24.0. The summed E-state index contributed by atoms with van der Waals surface area (Å²) in [7, 11) is 0. The fraction of sp³-hybridized carbons (Fsp3) is 0.0118. The van der Waals surface area contributed by atoms with Crippen molar-refractivity contribution >= 4 is 110 Å². The summed E-state index contributed by atoms with van der Waals surface area (Å²) in [5.74, 6) is 0. The van der Waals surface area contributed by atoms with Gasteiger partial charge in [-0.25, -0.2) is 0 Å². The lowest BCUT2D eigenvalue weighted by Gasteiger charge is -2.31. The second-order valence-electron chi connectivity index (χ2n) is 23.9. The molecule has 414 valence electrons. The Morgan fingerprint density at radius 2 is 0.674 bits per heavy atom. The maximum Gasteiger partial charge on any atom is 0.159 e. The number of fused-ring (bicyclic) bond motifs is 20. The molecule has 2 aromatic heterocycles. The quantitative estimate of drug-likeness (QED) is 0.152. The topological polar surface area (TPSA) is 32.8 Å². The molecule has 89 heavy (non-hydrogen) atoms. The molecule has 0 saturated carbocycles. The standard InChI is InChI=1S/C85H52N2O2/c1-3-22-62(23-4-1)86(78-35-17-32-69-67-29-10-13-37-80(67)88-83(69)78)64-26-15-20-54(47-64)56-39-41-58-49-72-73-50-59-42-40-57(55-21-16-27-65(48-55)87(63-24-5-2-6-25-63)79-36-18-33-70-68-30-11-14-38-81(68)89-84(70)79)46-61(59)52-77(73)85(76(72)51-60(58)45-56)74-34-12-9-31-71(74)82-66-28-8-7-19-53(66)43-44-75(82)85/h1-52H. The third kappa shape index (κ3) is 7.35. The van der Waals surface area contributed by atoms with Gasteiger partial charge in [0.05, 0.1) is 16.8 Å². The average molecular weight is 1130 g/mol. The van der Waals surface area contributed by atoms with Crippen molar-refractivity contribution < 1.29 is 8.83 Å². The van der Waals surface area contributed by atoms with E-state index in [1.807, 2.05) is 12.1 Å². The van der Waals surface area contributed by atoms with Gasteiger partial charge >= 0.3 is 0 Å². The largest absolute Gasteiger partial charge is 0.454 e. The first-order chi connectivity index (χ1) is 44.1. The molecule has 0 amide bonds. The highest BCUT2D eigenvalue weighted by atomic mass is 16.3. The minimum absolute atomic E-state index is 0.601. The van der Waals surface area contributed by atoms with Crippen LogP contribution in [0.2, 0.25) is 0 Å². The van der Waals surface area contributed by atoms with Gasteiger partial charge in [-0.1, -0.05) is 206 Å². The van der Waals surface area contributed by atoms with Gasteiger partial charge in [-0.3, -0.25) is 0 Å². The van der Waals surface area contributed by atoms with Crippen LogP contribution in [0.3, 0.4) is 0 Å². The van der Waals surface area contributed by atoms with Crippen LogP contribution in [-0.2, 0) is 5.41 Å². The van der Waals surface area contributed by atoms with Crippen LogP contribution in [0.4, 0.5) is 34.1 Å². The summed E-state index contributed by atoms with van der Waals surface area (Å²) in [6.45, 7) is 0. The summed E-state index contributed by atoms with van der Waals surface area (Å²) in [5, 5.41) is 11.7. The minimum Gasteiger partial charge on any atom is -0.454 e. The molecule has 19 rings (SSSR count). The molecule has 2 aliphatic carbocycles. The molecule has 1 spiro atoms. The van der Waals surface area contributed by atoms with Crippen molar-refractivity contribution in [2.24, 2.45) is 0 Å². The van der Waals surface area contributed by atoms with Crippen molar-refractivity contribution in [3.63, 3.8) is 0 Å². The van der Waals surface area contributed by atoms with Crippen LogP contribution < -0.4 is 9.80 Å². The van der Waals surface area contributed by atoms with Crippen LogP contribution in [0.15, 0.2) is 324 Å². The van der Waals surface area contributed by atoms with Crippen LogP contribution >= 0.6 is 0 Å². The Balaban J connectivity index is 0.771. The number of nitrogens with zero attached hydrogens (tertiary/aromatic N) is 2. The smallest absolute Gasteiger partial charge is 0.159 e. The van der Waals surface area contributed by atoms with Crippen molar-refractivity contribution in [2.75, 3.05) is 9.80 Å². The van der Waals surface area contributed by atoms with Gasteiger partial charge in [0.2, 0.25) is 0 Å². The third-order valence-corrected chi connectivity index (χ3v) is 19.1. The molecule has 0 bridgehead atoms. The highest BCUT2D eigenvalue weighted by Gasteiger charge is 2.52.